The van der Waals surface area contributed by atoms with Crippen molar-refractivity contribution in [2.75, 3.05) is 7.11 Å². The molecule has 3 nitrogen and oxygen atoms in total. The number of hydrogen-bond donors (Lipinski definition) is 0. The Morgan fingerprint density at radius 3 is 2.33 bits per heavy atom. The Bertz CT molecular complexity index is 988. The standard InChI is InChI=1S/C24H20O3/c1-27-24(26)18-12-10-16(11-13-18)14-19-15-22-20(17-6-3-2-4-7-17)8-5-9-21(22)23(19)25/h2-13,19H,14-15H2,1H3. The molecule has 134 valence electrons. The Morgan fingerprint density at radius 2 is 1.63 bits per heavy atom. The molecular formula is C24H20O3. The smallest absolute Gasteiger partial charge is 0.337 e. The molecule has 0 N–H and O–H groups in total. The Balaban J connectivity index is 1.58. The third-order valence-electron chi connectivity index (χ3n) is 5.20. The molecule has 3 heteroatoms. The van der Waals surface area contributed by atoms with Crippen LogP contribution in [0, 0.1) is 5.92 Å². The van der Waals surface area contributed by atoms with Crippen molar-refractivity contribution < 1.29 is 14.3 Å². The van der Waals surface area contributed by atoms with Crippen LogP contribution in [0.25, 0.3) is 11.1 Å². The zero-order valence-electron chi connectivity index (χ0n) is 15.1. The van der Waals surface area contributed by atoms with Crippen LogP contribution in [0.2, 0.25) is 0 Å². The number of ketones is 1. The fourth-order valence-corrected chi connectivity index (χ4v) is 3.83. The maximum Gasteiger partial charge on any atom is 0.337 e. The predicted octanol–water partition coefficient (Wildman–Crippen LogP) is 4.74. The molecule has 0 fully saturated rings. The summed E-state index contributed by atoms with van der Waals surface area (Å²) in [5.74, 6) is -0.202. The number of hydrogen-bond acceptors (Lipinski definition) is 3. The zero-order chi connectivity index (χ0) is 18.8. The van der Waals surface area contributed by atoms with E-state index in [1.165, 1.54) is 7.11 Å². The van der Waals surface area contributed by atoms with E-state index in [4.69, 9.17) is 4.74 Å². The van der Waals surface area contributed by atoms with Gasteiger partial charge < -0.3 is 4.74 Å². The summed E-state index contributed by atoms with van der Waals surface area (Å²) < 4.78 is 4.73. The van der Waals surface area contributed by atoms with Crippen molar-refractivity contribution in [2.24, 2.45) is 5.92 Å². The summed E-state index contributed by atoms with van der Waals surface area (Å²) in [5, 5.41) is 0. The quantitative estimate of drug-likeness (QED) is 0.634. The number of fused-ring (bicyclic) bond motifs is 1. The van der Waals surface area contributed by atoms with Gasteiger partial charge in [0.05, 0.1) is 12.7 Å². The molecule has 0 radical (unpaired) electrons. The van der Waals surface area contributed by atoms with Gasteiger partial charge in [0, 0.05) is 11.5 Å². The molecule has 27 heavy (non-hydrogen) atoms. The first-order valence-corrected chi connectivity index (χ1v) is 9.06. The highest BCUT2D eigenvalue weighted by Crippen LogP contribution is 2.36. The Morgan fingerprint density at radius 1 is 0.926 bits per heavy atom. The van der Waals surface area contributed by atoms with E-state index in [1.54, 1.807) is 12.1 Å². The maximum absolute atomic E-state index is 12.9. The Labute approximate surface area is 158 Å². The molecule has 0 spiro atoms. The molecule has 1 aliphatic carbocycles. The van der Waals surface area contributed by atoms with Gasteiger partial charge in [-0.2, -0.15) is 0 Å². The van der Waals surface area contributed by atoms with Crippen molar-refractivity contribution in [3.63, 3.8) is 0 Å². The molecule has 0 heterocycles. The van der Waals surface area contributed by atoms with E-state index in [9.17, 15) is 9.59 Å². The molecule has 3 aromatic rings. The minimum Gasteiger partial charge on any atom is -0.465 e. The number of methoxy groups -OCH3 is 1. The molecule has 0 aromatic heterocycles. The maximum atomic E-state index is 12.9. The predicted molar refractivity (Wildman–Crippen MR) is 105 cm³/mol. The van der Waals surface area contributed by atoms with Gasteiger partial charge >= 0.3 is 5.97 Å². The third-order valence-corrected chi connectivity index (χ3v) is 5.20. The van der Waals surface area contributed by atoms with E-state index >= 15 is 0 Å². The first-order chi connectivity index (χ1) is 13.2. The summed E-state index contributed by atoms with van der Waals surface area (Å²) in [4.78, 5) is 24.5. The van der Waals surface area contributed by atoms with Gasteiger partial charge in [0.2, 0.25) is 0 Å². The first kappa shape index (κ1) is 17.2. The minimum atomic E-state index is -0.349. The molecular weight excluding hydrogens is 336 g/mol. The van der Waals surface area contributed by atoms with Crippen LogP contribution in [0.4, 0.5) is 0 Å². The molecule has 0 saturated carbocycles. The summed E-state index contributed by atoms with van der Waals surface area (Å²) in [6, 6.07) is 23.5. The van der Waals surface area contributed by atoms with Crippen LogP contribution in [0.15, 0.2) is 72.8 Å². The fourth-order valence-electron chi connectivity index (χ4n) is 3.83. The lowest BCUT2D eigenvalue weighted by atomic mass is 9.94. The van der Waals surface area contributed by atoms with Crippen LogP contribution in [0.5, 0.6) is 0 Å². The summed E-state index contributed by atoms with van der Waals surface area (Å²) in [6.07, 6.45) is 1.42. The van der Waals surface area contributed by atoms with Gasteiger partial charge in [0.15, 0.2) is 5.78 Å². The van der Waals surface area contributed by atoms with Gasteiger partial charge in [0.1, 0.15) is 0 Å². The highest BCUT2D eigenvalue weighted by molar-refractivity contribution is 6.04. The molecule has 0 bridgehead atoms. The molecule has 1 atom stereocenters. The van der Waals surface area contributed by atoms with Crippen molar-refractivity contribution in [3.05, 3.63) is 95.1 Å². The third kappa shape index (κ3) is 3.28. The largest absolute Gasteiger partial charge is 0.465 e. The number of carbonyl (C=O) groups excluding carboxylic acids is 2. The van der Waals surface area contributed by atoms with Crippen molar-refractivity contribution >= 4 is 11.8 Å². The first-order valence-electron chi connectivity index (χ1n) is 9.06. The van der Waals surface area contributed by atoms with Crippen LogP contribution in [-0.2, 0) is 17.6 Å². The number of esters is 1. The Hall–Kier alpha value is -3.20. The van der Waals surface area contributed by atoms with E-state index in [0.29, 0.717) is 12.0 Å². The van der Waals surface area contributed by atoms with Gasteiger partial charge in [-0.3, -0.25) is 4.79 Å². The summed E-state index contributed by atoms with van der Waals surface area (Å²) in [5.41, 5.74) is 5.84. The number of benzene rings is 3. The molecule has 1 aliphatic rings. The number of Topliss-reactive ketones (excluding diaryl/α,β-unsaturated/α-hetero) is 1. The molecule has 3 aromatic carbocycles. The zero-order valence-corrected chi connectivity index (χ0v) is 15.1. The lowest BCUT2D eigenvalue weighted by Crippen LogP contribution is -2.12. The summed E-state index contributed by atoms with van der Waals surface area (Å²) in [7, 11) is 1.37. The van der Waals surface area contributed by atoms with Gasteiger partial charge in [-0.25, -0.2) is 4.79 Å². The molecule has 1 unspecified atom stereocenters. The lowest BCUT2D eigenvalue weighted by molar-refractivity contribution is 0.0600. The lowest BCUT2D eigenvalue weighted by Gasteiger charge is -2.09. The van der Waals surface area contributed by atoms with E-state index in [2.05, 4.69) is 18.2 Å². The van der Waals surface area contributed by atoms with Crippen LogP contribution in [0.1, 0.15) is 31.8 Å². The van der Waals surface area contributed by atoms with E-state index in [0.717, 1.165) is 34.2 Å². The topological polar surface area (TPSA) is 43.4 Å². The van der Waals surface area contributed by atoms with Gasteiger partial charge in [-0.05, 0) is 47.2 Å². The SMILES string of the molecule is COC(=O)c1ccc(CC2Cc3c(cccc3-c3ccccc3)C2=O)cc1. The molecule has 4 rings (SSSR count). The molecule has 0 amide bonds. The van der Waals surface area contributed by atoms with Crippen molar-refractivity contribution in [1.82, 2.24) is 0 Å². The van der Waals surface area contributed by atoms with Crippen LogP contribution in [-0.4, -0.2) is 18.9 Å². The van der Waals surface area contributed by atoms with E-state index < -0.39 is 0 Å². The van der Waals surface area contributed by atoms with Gasteiger partial charge in [-0.1, -0.05) is 60.7 Å². The molecule has 0 saturated heterocycles. The van der Waals surface area contributed by atoms with Crippen molar-refractivity contribution in [3.8, 4) is 11.1 Å². The monoisotopic (exact) mass is 356 g/mol. The number of ether oxygens (including phenoxy) is 1. The second kappa shape index (κ2) is 7.20. The second-order valence-electron chi connectivity index (χ2n) is 6.86. The second-order valence-corrected chi connectivity index (χ2v) is 6.86. The fraction of sp³-hybridized carbons (Fsp3) is 0.167. The highest BCUT2D eigenvalue weighted by Gasteiger charge is 2.32. The average Bonchev–Trinajstić information content (AvgIpc) is 3.04. The van der Waals surface area contributed by atoms with Crippen molar-refractivity contribution in [2.45, 2.75) is 12.8 Å². The highest BCUT2D eigenvalue weighted by atomic mass is 16.5. The van der Waals surface area contributed by atoms with Crippen LogP contribution >= 0.6 is 0 Å². The average molecular weight is 356 g/mol. The Kier molecular flexibility index (Phi) is 4.59. The normalized spacial score (nSPS) is 15.4. The van der Waals surface area contributed by atoms with Gasteiger partial charge in [-0.15, -0.1) is 0 Å². The minimum absolute atomic E-state index is 0.0613. The number of rotatable bonds is 4. The summed E-state index contributed by atoms with van der Waals surface area (Å²) >= 11 is 0. The van der Waals surface area contributed by atoms with Crippen molar-refractivity contribution in [1.29, 1.82) is 0 Å². The van der Waals surface area contributed by atoms with E-state index in [-0.39, 0.29) is 17.7 Å². The van der Waals surface area contributed by atoms with Gasteiger partial charge in [0.25, 0.3) is 0 Å². The van der Waals surface area contributed by atoms with Crippen LogP contribution < -0.4 is 0 Å². The summed E-state index contributed by atoms with van der Waals surface area (Å²) in [6.45, 7) is 0. The number of carbonyl (C=O) groups is 2. The van der Waals surface area contributed by atoms with E-state index in [1.807, 2.05) is 42.5 Å². The van der Waals surface area contributed by atoms with Crippen LogP contribution in [0.3, 0.4) is 0 Å². The molecule has 0 aliphatic heterocycles.